The van der Waals surface area contributed by atoms with Gasteiger partial charge in [-0.3, -0.25) is 0 Å². The molecule has 1 aromatic carbocycles. The van der Waals surface area contributed by atoms with E-state index in [1.54, 1.807) is 23.9 Å². The predicted octanol–water partition coefficient (Wildman–Crippen LogP) is 1.06. The van der Waals surface area contributed by atoms with Crippen molar-refractivity contribution in [2.75, 3.05) is 6.26 Å². The second-order valence-corrected chi connectivity index (χ2v) is 4.66. The van der Waals surface area contributed by atoms with Gasteiger partial charge in [-0.05, 0) is 30.5 Å². The number of sulfonamides is 1. The zero-order chi connectivity index (χ0) is 9.19. The molecule has 1 aromatic rings. The van der Waals surface area contributed by atoms with Gasteiger partial charge < -0.3 is 0 Å². The Kier molecular flexibility index (Phi) is 2.76. The van der Waals surface area contributed by atoms with Crippen LogP contribution in [0.25, 0.3) is 0 Å². The lowest BCUT2D eigenvalue weighted by Gasteiger charge is -1.98. The van der Waals surface area contributed by atoms with Gasteiger partial charge >= 0.3 is 0 Å². The van der Waals surface area contributed by atoms with Gasteiger partial charge in [0.05, 0.1) is 4.90 Å². The van der Waals surface area contributed by atoms with Gasteiger partial charge in [-0.2, -0.15) is 0 Å². The van der Waals surface area contributed by atoms with E-state index < -0.39 is 10.0 Å². The smallest absolute Gasteiger partial charge is 0.225 e. The van der Waals surface area contributed by atoms with E-state index in [1.165, 1.54) is 12.1 Å². The molecule has 0 aliphatic heterocycles. The maximum absolute atomic E-state index is 10.8. The fourth-order valence-corrected chi connectivity index (χ4v) is 1.69. The van der Waals surface area contributed by atoms with Crippen molar-refractivity contribution in [2.24, 2.45) is 5.14 Å². The van der Waals surface area contributed by atoms with Crippen molar-refractivity contribution < 1.29 is 8.42 Å². The van der Waals surface area contributed by atoms with Crippen LogP contribution in [0.1, 0.15) is 0 Å². The third-order valence-electron chi connectivity index (χ3n) is 1.39. The van der Waals surface area contributed by atoms with Crippen LogP contribution in [0, 0.1) is 0 Å². The number of hydrogen-bond acceptors (Lipinski definition) is 3. The van der Waals surface area contributed by atoms with Gasteiger partial charge in [0.25, 0.3) is 0 Å². The number of benzene rings is 1. The molecule has 12 heavy (non-hydrogen) atoms. The summed E-state index contributed by atoms with van der Waals surface area (Å²) in [5, 5.41) is 4.91. The second-order valence-electron chi connectivity index (χ2n) is 2.22. The molecule has 66 valence electrons. The van der Waals surface area contributed by atoms with Crippen molar-refractivity contribution in [3.8, 4) is 0 Å². The van der Waals surface area contributed by atoms with Crippen LogP contribution >= 0.6 is 11.8 Å². The fourth-order valence-electron chi connectivity index (χ4n) is 0.765. The summed E-state index contributed by atoms with van der Waals surface area (Å²) in [5.74, 6) is 0. The second kappa shape index (κ2) is 3.47. The van der Waals surface area contributed by atoms with Gasteiger partial charge in [0, 0.05) is 4.90 Å². The average Bonchev–Trinajstić information content (AvgIpc) is 2.03. The molecule has 0 aliphatic carbocycles. The zero-order valence-electron chi connectivity index (χ0n) is 6.52. The first-order valence-electron chi connectivity index (χ1n) is 3.21. The normalized spacial score (nSPS) is 11.5. The molecule has 0 atom stereocenters. The molecule has 0 aromatic heterocycles. The van der Waals surface area contributed by atoms with E-state index in [0.717, 1.165) is 4.90 Å². The molecule has 0 heterocycles. The van der Waals surface area contributed by atoms with Crippen molar-refractivity contribution in [1.29, 1.82) is 0 Å². The molecule has 0 saturated carbocycles. The Morgan fingerprint density at radius 2 is 1.75 bits per heavy atom. The van der Waals surface area contributed by atoms with Crippen LogP contribution in [0.4, 0.5) is 0 Å². The maximum Gasteiger partial charge on any atom is 0.238 e. The summed E-state index contributed by atoms with van der Waals surface area (Å²) in [5.41, 5.74) is 0. The molecular formula is C7H9NO2S2. The quantitative estimate of drug-likeness (QED) is 0.731. The summed E-state index contributed by atoms with van der Waals surface area (Å²) in [6.07, 6.45) is 1.92. The highest BCUT2D eigenvalue weighted by Gasteiger charge is 2.05. The maximum atomic E-state index is 10.8. The highest BCUT2D eigenvalue weighted by molar-refractivity contribution is 7.98. The summed E-state index contributed by atoms with van der Waals surface area (Å²) >= 11 is 1.55. The van der Waals surface area contributed by atoms with Crippen molar-refractivity contribution in [3.63, 3.8) is 0 Å². The summed E-state index contributed by atoms with van der Waals surface area (Å²) < 4.78 is 21.6. The minimum absolute atomic E-state index is 0.153. The van der Waals surface area contributed by atoms with E-state index in [1.807, 2.05) is 6.26 Å². The molecule has 0 spiro atoms. The molecule has 5 heteroatoms. The molecule has 0 aliphatic rings. The predicted molar refractivity (Wildman–Crippen MR) is 49.6 cm³/mol. The van der Waals surface area contributed by atoms with E-state index in [-0.39, 0.29) is 4.90 Å². The van der Waals surface area contributed by atoms with Crippen LogP contribution < -0.4 is 5.14 Å². The first-order chi connectivity index (χ1) is 5.54. The average molecular weight is 203 g/mol. The SMILES string of the molecule is CSc1ccc(S(N)(=O)=O)cc1. The number of primary sulfonamides is 1. The summed E-state index contributed by atoms with van der Waals surface area (Å²) in [7, 11) is -3.54. The van der Waals surface area contributed by atoms with E-state index in [2.05, 4.69) is 0 Å². The number of hydrogen-bond donors (Lipinski definition) is 1. The fraction of sp³-hybridized carbons (Fsp3) is 0.143. The van der Waals surface area contributed by atoms with Crippen molar-refractivity contribution >= 4 is 21.8 Å². The lowest BCUT2D eigenvalue weighted by molar-refractivity contribution is 0.597. The molecule has 3 nitrogen and oxygen atoms in total. The Morgan fingerprint density at radius 3 is 2.08 bits per heavy atom. The minimum atomic E-state index is -3.54. The number of rotatable bonds is 2. The molecule has 0 bridgehead atoms. The van der Waals surface area contributed by atoms with Gasteiger partial charge in [-0.25, -0.2) is 13.6 Å². The molecule has 0 fully saturated rings. The minimum Gasteiger partial charge on any atom is -0.225 e. The molecule has 0 amide bonds. The molecule has 0 unspecified atom stereocenters. The zero-order valence-corrected chi connectivity index (χ0v) is 8.15. The van der Waals surface area contributed by atoms with Crippen LogP contribution in [0.15, 0.2) is 34.1 Å². The molecule has 1 rings (SSSR count). The molecule has 0 radical (unpaired) electrons. The highest BCUT2D eigenvalue weighted by Crippen LogP contribution is 2.16. The Hall–Kier alpha value is -0.520. The van der Waals surface area contributed by atoms with Gasteiger partial charge in [-0.15, -0.1) is 11.8 Å². The first-order valence-corrected chi connectivity index (χ1v) is 5.98. The van der Waals surface area contributed by atoms with E-state index >= 15 is 0 Å². The Labute approximate surface area is 76.0 Å². The standard InChI is InChI=1S/C7H9NO2S2/c1-11-6-2-4-7(5-3-6)12(8,9)10/h2-5H,1H3,(H2,8,9,10). The van der Waals surface area contributed by atoms with Crippen molar-refractivity contribution in [2.45, 2.75) is 9.79 Å². The Morgan fingerprint density at radius 1 is 1.25 bits per heavy atom. The third kappa shape index (κ3) is 2.23. The number of nitrogens with two attached hydrogens (primary N) is 1. The highest BCUT2D eigenvalue weighted by atomic mass is 32.2. The summed E-state index contributed by atoms with van der Waals surface area (Å²) in [6, 6.07) is 6.46. The molecular weight excluding hydrogens is 194 g/mol. The third-order valence-corrected chi connectivity index (χ3v) is 3.06. The Bertz CT molecular complexity index is 355. The molecule has 2 N–H and O–H groups in total. The first kappa shape index (κ1) is 9.57. The van der Waals surface area contributed by atoms with Gasteiger partial charge in [0.15, 0.2) is 0 Å². The Balaban J connectivity index is 3.09. The summed E-state index contributed by atoms with van der Waals surface area (Å²) in [6.45, 7) is 0. The summed E-state index contributed by atoms with van der Waals surface area (Å²) in [4.78, 5) is 1.17. The van der Waals surface area contributed by atoms with Crippen LogP contribution in [-0.2, 0) is 10.0 Å². The van der Waals surface area contributed by atoms with Gasteiger partial charge in [-0.1, -0.05) is 0 Å². The van der Waals surface area contributed by atoms with Crippen molar-refractivity contribution in [1.82, 2.24) is 0 Å². The van der Waals surface area contributed by atoms with E-state index in [0.29, 0.717) is 0 Å². The van der Waals surface area contributed by atoms with E-state index in [9.17, 15) is 8.42 Å². The van der Waals surface area contributed by atoms with Gasteiger partial charge in [0.1, 0.15) is 0 Å². The van der Waals surface area contributed by atoms with Crippen LogP contribution in [0.3, 0.4) is 0 Å². The van der Waals surface area contributed by atoms with Crippen LogP contribution in [0.5, 0.6) is 0 Å². The van der Waals surface area contributed by atoms with E-state index in [4.69, 9.17) is 5.14 Å². The lowest BCUT2D eigenvalue weighted by Crippen LogP contribution is -2.11. The van der Waals surface area contributed by atoms with Gasteiger partial charge in [0.2, 0.25) is 10.0 Å². The largest absolute Gasteiger partial charge is 0.238 e. The van der Waals surface area contributed by atoms with Crippen molar-refractivity contribution in [3.05, 3.63) is 24.3 Å². The number of thioether (sulfide) groups is 1. The topological polar surface area (TPSA) is 60.2 Å². The molecule has 0 saturated heterocycles. The van der Waals surface area contributed by atoms with Crippen LogP contribution in [-0.4, -0.2) is 14.7 Å². The van der Waals surface area contributed by atoms with Crippen LogP contribution in [0.2, 0.25) is 0 Å². The monoisotopic (exact) mass is 203 g/mol. The lowest BCUT2D eigenvalue weighted by atomic mass is 10.4.